The summed E-state index contributed by atoms with van der Waals surface area (Å²) in [6.45, 7) is 1.07. The normalized spacial score (nSPS) is 29.2. The van der Waals surface area contributed by atoms with Gasteiger partial charge in [-0.1, -0.05) is 6.42 Å². The fourth-order valence-electron chi connectivity index (χ4n) is 3.84. The van der Waals surface area contributed by atoms with Crippen LogP contribution in [0.15, 0.2) is 18.3 Å². The molecule has 0 saturated heterocycles. The number of hydrogen-bond donors (Lipinski definition) is 0. The Bertz CT molecular complexity index is 477. The van der Waals surface area contributed by atoms with Gasteiger partial charge in [-0.15, -0.1) is 0 Å². The zero-order valence-corrected chi connectivity index (χ0v) is 10.8. The Labute approximate surface area is 108 Å². The van der Waals surface area contributed by atoms with E-state index in [1.165, 1.54) is 25.7 Å². The number of fused-ring (bicyclic) bond motifs is 2. The highest BCUT2D eigenvalue weighted by Gasteiger charge is 2.39. The average Bonchev–Trinajstić information content (AvgIpc) is 3.01. The Morgan fingerprint density at radius 2 is 2.33 bits per heavy atom. The van der Waals surface area contributed by atoms with Gasteiger partial charge in [-0.2, -0.15) is 5.26 Å². The molecule has 3 heteroatoms. The lowest BCUT2D eigenvalue weighted by Gasteiger charge is -2.28. The molecule has 1 aromatic rings. The SMILES string of the molecule is CN(CC1CC2CCC1C2)c1cccnc1C#N. The van der Waals surface area contributed by atoms with Crippen molar-refractivity contribution >= 4 is 5.69 Å². The molecule has 3 nitrogen and oxygen atoms in total. The summed E-state index contributed by atoms with van der Waals surface area (Å²) >= 11 is 0. The van der Waals surface area contributed by atoms with Crippen molar-refractivity contribution in [3.63, 3.8) is 0 Å². The van der Waals surface area contributed by atoms with Crippen LogP contribution in [-0.4, -0.2) is 18.6 Å². The van der Waals surface area contributed by atoms with Crippen molar-refractivity contribution in [1.82, 2.24) is 4.98 Å². The lowest BCUT2D eigenvalue weighted by Crippen LogP contribution is -2.29. The van der Waals surface area contributed by atoms with Crippen LogP contribution in [0.25, 0.3) is 0 Å². The monoisotopic (exact) mass is 241 g/mol. The van der Waals surface area contributed by atoms with Gasteiger partial charge in [-0.05, 0) is 49.1 Å². The first-order chi connectivity index (χ1) is 8.78. The van der Waals surface area contributed by atoms with E-state index >= 15 is 0 Å². The Balaban J connectivity index is 1.71. The van der Waals surface area contributed by atoms with Gasteiger partial charge in [0.25, 0.3) is 0 Å². The third kappa shape index (κ3) is 1.96. The lowest BCUT2D eigenvalue weighted by molar-refractivity contribution is 0.337. The number of pyridine rings is 1. The van der Waals surface area contributed by atoms with Crippen molar-refractivity contribution in [3.8, 4) is 6.07 Å². The molecule has 2 aliphatic carbocycles. The summed E-state index contributed by atoms with van der Waals surface area (Å²) < 4.78 is 0. The molecule has 0 spiro atoms. The van der Waals surface area contributed by atoms with E-state index in [0.29, 0.717) is 5.69 Å². The van der Waals surface area contributed by atoms with Gasteiger partial charge >= 0.3 is 0 Å². The van der Waals surface area contributed by atoms with Gasteiger partial charge in [0, 0.05) is 19.8 Å². The maximum absolute atomic E-state index is 9.09. The maximum atomic E-state index is 9.09. The number of anilines is 1. The Hall–Kier alpha value is -1.56. The molecule has 94 valence electrons. The van der Waals surface area contributed by atoms with Crippen LogP contribution in [0.4, 0.5) is 5.69 Å². The number of hydrogen-bond acceptors (Lipinski definition) is 3. The van der Waals surface area contributed by atoms with Gasteiger partial charge in [-0.3, -0.25) is 0 Å². The van der Waals surface area contributed by atoms with E-state index in [4.69, 9.17) is 5.26 Å². The van der Waals surface area contributed by atoms with Crippen LogP contribution in [0.1, 0.15) is 31.4 Å². The van der Waals surface area contributed by atoms with Crippen LogP contribution in [-0.2, 0) is 0 Å². The van der Waals surface area contributed by atoms with E-state index in [9.17, 15) is 0 Å². The van der Waals surface area contributed by atoms with Crippen molar-refractivity contribution in [2.24, 2.45) is 17.8 Å². The average molecular weight is 241 g/mol. The van der Waals surface area contributed by atoms with Gasteiger partial charge in [0.15, 0.2) is 5.69 Å². The van der Waals surface area contributed by atoms with Crippen molar-refractivity contribution in [3.05, 3.63) is 24.0 Å². The fraction of sp³-hybridized carbons (Fsp3) is 0.600. The van der Waals surface area contributed by atoms with E-state index in [0.717, 1.165) is 30.0 Å². The van der Waals surface area contributed by atoms with Gasteiger partial charge in [0.2, 0.25) is 0 Å². The highest BCUT2D eigenvalue weighted by atomic mass is 15.1. The van der Waals surface area contributed by atoms with Crippen LogP contribution < -0.4 is 4.90 Å². The van der Waals surface area contributed by atoms with E-state index in [1.54, 1.807) is 6.20 Å². The van der Waals surface area contributed by atoms with Crippen molar-refractivity contribution in [2.45, 2.75) is 25.7 Å². The Morgan fingerprint density at radius 1 is 1.44 bits per heavy atom. The first-order valence-corrected chi connectivity index (χ1v) is 6.84. The van der Waals surface area contributed by atoms with Crippen LogP contribution in [0, 0.1) is 29.1 Å². The largest absolute Gasteiger partial charge is 0.372 e. The third-order valence-corrected chi connectivity index (χ3v) is 4.70. The summed E-state index contributed by atoms with van der Waals surface area (Å²) in [6.07, 6.45) is 7.38. The van der Waals surface area contributed by atoms with Gasteiger partial charge < -0.3 is 4.90 Å². The zero-order chi connectivity index (χ0) is 12.5. The molecule has 2 saturated carbocycles. The van der Waals surface area contributed by atoms with Crippen LogP contribution in [0.5, 0.6) is 0 Å². The fourth-order valence-corrected chi connectivity index (χ4v) is 3.84. The minimum Gasteiger partial charge on any atom is -0.372 e. The molecule has 3 rings (SSSR count). The minimum absolute atomic E-state index is 0.545. The molecular formula is C15H19N3. The molecule has 3 unspecified atom stereocenters. The molecule has 0 amide bonds. The summed E-state index contributed by atoms with van der Waals surface area (Å²) in [5.74, 6) is 2.73. The molecule has 0 N–H and O–H groups in total. The molecule has 0 aliphatic heterocycles. The molecule has 3 atom stereocenters. The van der Waals surface area contributed by atoms with E-state index < -0.39 is 0 Å². The quantitative estimate of drug-likeness (QED) is 0.817. The van der Waals surface area contributed by atoms with E-state index in [-0.39, 0.29) is 0 Å². The van der Waals surface area contributed by atoms with Gasteiger partial charge in [-0.25, -0.2) is 4.98 Å². The van der Waals surface area contributed by atoms with Crippen LogP contribution in [0.2, 0.25) is 0 Å². The summed E-state index contributed by atoms with van der Waals surface area (Å²) in [6, 6.07) is 6.09. The van der Waals surface area contributed by atoms with Crippen molar-refractivity contribution in [1.29, 1.82) is 5.26 Å². The predicted octanol–water partition coefficient (Wildman–Crippen LogP) is 2.83. The predicted molar refractivity (Wildman–Crippen MR) is 71.2 cm³/mol. The smallest absolute Gasteiger partial charge is 0.163 e. The second kappa shape index (κ2) is 4.61. The lowest BCUT2D eigenvalue weighted by atomic mass is 9.88. The molecule has 18 heavy (non-hydrogen) atoms. The summed E-state index contributed by atoms with van der Waals surface area (Å²) in [4.78, 5) is 6.36. The highest BCUT2D eigenvalue weighted by molar-refractivity contribution is 5.55. The zero-order valence-electron chi connectivity index (χ0n) is 10.8. The Morgan fingerprint density at radius 3 is 3.00 bits per heavy atom. The number of aromatic nitrogens is 1. The summed E-state index contributed by atoms with van der Waals surface area (Å²) in [5, 5.41) is 9.09. The third-order valence-electron chi connectivity index (χ3n) is 4.70. The Kier molecular flexibility index (Phi) is 2.95. The number of rotatable bonds is 3. The maximum Gasteiger partial charge on any atom is 0.163 e. The number of nitrogens with zero attached hydrogens (tertiary/aromatic N) is 3. The van der Waals surface area contributed by atoms with E-state index in [1.807, 2.05) is 12.1 Å². The molecule has 2 aliphatic rings. The molecular weight excluding hydrogens is 222 g/mol. The molecule has 0 radical (unpaired) electrons. The second-order valence-corrected chi connectivity index (χ2v) is 5.80. The molecule has 2 fully saturated rings. The first-order valence-electron chi connectivity index (χ1n) is 6.84. The van der Waals surface area contributed by atoms with Gasteiger partial charge in [0.05, 0.1) is 5.69 Å². The topological polar surface area (TPSA) is 39.9 Å². The standard InChI is InChI=1S/C15H19N3/c1-18(15-3-2-6-17-14(15)9-16)10-13-8-11-4-5-12(13)7-11/h2-3,6,11-13H,4-5,7-8,10H2,1H3. The van der Waals surface area contributed by atoms with Crippen LogP contribution in [0.3, 0.4) is 0 Å². The second-order valence-electron chi connectivity index (χ2n) is 5.80. The van der Waals surface area contributed by atoms with Crippen molar-refractivity contribution < 1.29 is 0 Å². The van der Waals surface area contributed by atoms with Crippen LogP contribution >= 0.6 is 0 Å². The molecule has 1 aromatic heterocycles. The first kappa shape index (κ1) is 11.5. The van der Waals surface area contributed by atoms with E-state index in [2.05, 4.69) is 23.0 Å². The molecule has 0 aromatic carbocycles. The summed E-state index contributed by atoms with van der Waals surface area (Å²) in [5.41, 5.74) is 1.52. The summed E-state index contributed by atoms with van der Waals surface area (Å²) in [7, 11) is 2.09. The van der Waals surface area contributed by atoms with Crippen molar-refractivity contribution in [2.75, 3.05) is 18.5 Å². The van der Waals surface area contributed by atoms with Gasteiger partial charge in [0.1, 0.15) is 6.07 Å². The number of nitriles is 1. The molecule has 2 bridgehead atoms. The molecule has 1 heterocycles. The highest BCUT2D eigenvalue weighted by Crippen LogP contribution is 2.48. The minimum atomic E-state index is 0.545.